The van der Waals surface area contributed by atoms with Gasteiger partial charge in [0.25, 0.3) is 0 Å². The summed E-state index contributed by atoms with van der Waals surface area (Å²) in [6.07, 6.45) is 23.3. The Morgan fingerprint density at radius 1 is 0.512 bits per heavy atom. The molecule has 0 aromatic rings. The third-order valence-electron chi connectivity index (χ3n) is 10.1. The van der Waals surface area contributed by atoms with Crippen LogP contribution in [0, 0.1) is 0 Å². The normalized spacial score (nSPS) is 26.9. The van der Waals surface area contributed by atoms with Gasteiger partial charge in [-0.2, -0.15) is 0 Å². The van der Waals surface area contributed by atoms with Crippen molar-refractivity contribution in [2.45, 2.75) is 205 Å². The van der Waals surface area contributed by atoms with Crippen molar-refractivity contribution in [1.82, 2.24) is 26.2 Å². The van der Waals surface area contributed by atoms with E-state index in [1.165, 1.54) is 122 Å². The van der Waals surface area contributed by atoms with E-state index in [1.54, 1.807) is 0 Å². The molecule has 0 aromatic heterocycles. The molecule has 3 aliphatic rings. The lowest BCUT2D eigenvalue weighted by Gasteiger charge is -2.47. The molecule has 1 saturated carbocycles. The fourth-order valence-electron chi connectivity index (χ4n) is 9.09. The molecule has 0 radical (unpaired) electrons. The molecule has 2 aliphatic heterocycles. The molecule has 0 aromatic carbocycles. The zero-order valence-electron chi connectivity index (χ0n) is 29.0. The standard InChI is InChI=1S/C36H73N5/c1-33(2)26-30(27-34(3,4)39-33)37-22-18-24-41(32-20-16-14-12-10-9-11-13-15-17-21-32)25-19-23-38-31-28-35(5,6)40-36(7,8)29-31/h30-32,37-40H,9-29H2,1-8H3. The van der Waals surface area contributed by atoms with Gasteiger partial charge < -0.3 is 26.2 Å². The molecule has 1 aliphatic carbocycles. The average molecular weight is 576 g/mol. The first kappa shape index (κ1) is 35.3. The maximum atomic E-state index is 3.99. The van der Waals surface area contributed by atoms with Gasteiger partial charge in [-0.15, -0.1) is 0 Å². The van der Waals surface area contributed by atoms with Gasteiger partial charge in [-0.1, -0.05) is 57.8 Å². The summed E-state index contributed by atoms with van der Waals surface area (Å²) >= 11 is 0. The first-order valence-corrected chi connectivity index (χ1v) is 18.0. The Balaban J connectivity index is 1.52. The van der Waals surface area contributed by atoms with E-state index in [1.807, 2.05) is 0 Å². The summed E-state index contributed by atoms with van der Waals surface area (Å²) in [5.41, 5.74) is 0.853. The zero-order chi connectivity index (χ0) is 30.0. The number of hydrogen-bond donors (Lipinski definition) is 4. The predicted octanol–water partition coefficient (Wildman–Crippen LogP) is 7.54. The van der Waals surface area contributed by atoms with Gasteiger partial charge in [0.1, 0.15) is 0 Å². The van der Waals surface area contributed by atoms with Gasteiger partial charge in [0.2, 0.25) is 0 Å². The lowest BCUT2D eigenvalue weighted by Crippen LogP contribution is -2.61. The molecule has 5 heteroatoms. The van der Waals surface area contributed by atoms with Crippen LogP contribution >= 0.6 is 0 Å². The van der Waals surface area contributed by atoms with Gasteiger partial charge in [-0.05, 0) is 133 Å². The van der Waals surface area contributed by atoms with Crippen molar-refractivity contribution in [2.75, 3.05) is 26.2 Å². The van der Waals surface area contributed by atoms with E-state index in [-0.39, 0.29) is 22.2 Å². The second kappa shape index (κ2) is 16.2. The quantitative estimate of drug-likeness (QED) is 0.192. The smallest absolute Gasteiger partial charge is 0.0144 e. The lowest BCUT2D eigenvalue weighted by molar-refractivity contribution is 0.137. The summed E-state index contributed by atoms with van der Waals surface area (Å²) in [6, 6.07) is 2.03. The second-order valence-corrected chi connectivity index (χ2v) is 17.1. The molecular weight excluding hydrogens is 502 g/mol. The third kappa shape index (κ3) is 14.0. The number of piperidine rings is 2. The summed E-state index contributed by atoms with van der Waals surface area (Å²) in [5.74, 6) is 0. The van der Waals surface area contributed by atoms with Crippen LogP contribution in [-0.2, 0) is 0 Å². The lowest BCUT2D eigenvalue weighted by atomic mass is 9.79. The number of hydrogen-bond acceptors (Lipinski definition) is 5. The average Bonchev–Trinajstić information content (AvgIpc) is 2.80. The molecule has 0 amide bonds. The number of nitrogens with zero attached hydrogens (tertiary/aromatic N) is 1. The highest BCUT2D eigenvalue weighted by Crippen LogP contribution is 2.30. The molecule has 0 spiro atoms. The molecule has 0 atom stereocenters. The molecule has 242 valence electrons. The van der Waals surface area contributed by atoms with Gasteiger partial charge in [0.15, 0.2) is 0 Å². The first-order chi connectivity index (χ1) is 19.2. The Bertz CT molecular complexity index is 639. The van der Waals surface area contributed by atoms with Crippen LogP contribution in [0.4, 0.5) is 0 Å². The second-order valence-electron chi connectivity index (χ2n) is 17.1. The zero-order valence-corrected chi connectivity index (χ0v) is 29.0. The van der Waals surface area contributed by atoms with Crippen molar-refractivity contribution >= 4 is 0 Å². The topological polar surface area (TPSA) is 51.4 Å². The van der Waals surface area contributed by atoms with E-state index in [9.17, 15) is 0 Å². The summed E-state index contributed by atoms with van der Waals surface area (Å²) in [4.78, 5) is 2.93. The van der Waals surface area contributed by atoms with Crippen LogP contribution in [0.15, 0.2) is 0 Å². The van der Waals surface area contributed by atoms with Gasteiger partial charge >= 0.3 is 0 Å². The van der Waals surface area contributed by atoms with E-state index in [0.29, 0.717) is 12.1 Å². The summed E-state index contributed by atoms with van der Waals surface area (Å²) in [7, 11) is 0. The Labute approximate surface area is 256 Å². The van der Waals surface area contributed by atoms with E-state index < -0.39 is 0 Å². The Kier molecular flexibility index (Phi) is 13.9. The summed E-state index contributed by atoms with van der Waals surface area (Å²) < 4.78 is 0. The van der Waals surface area contributed by atoms with Crippen molar-refractivity contribution in [1.29, 1.82) is 0 Å². The van der Waals surface area contributed by atoms with Crippen molar-refractivity contribution in [3.63, 3.8) is 0 Å². The van der Waals surface area contributed by atoms with Crippen LogP contribution in [0.25, 0.3) is 0 Å². The highest BCUT2D eigenvalue weighted by atomic mass is 15.2. The molecule has 3 fully saturated rings. The molecular formula is C36H73N5. The highest BCUT2D eigenvalue weighted by Gasteiger charge is 2.38. The molecule has 0 unspecified atom stereocenters. The minimum atomic E-state index is 0.213. The summed E-state index contributed by atoms with van der Waals surface area (Å²) in [6.45, 7) is 23.8. The van der Waals surface area contributed by atoms with Crippen LogP contribution < -0.4 is 21.3 Å². The van der Waals surface area contributed by atoms with Gasteiger partial charge in [-0.25, -0.2) is 0 Å². The van der Waals surface area contributed by atoms with Crippen LogP contribution in [-0.4, -0.2) is 71.4 Å². The van der Waals surface area contributed by atoms with Crippen LogP contribution in [0.1, 0.15) is 165 Å². The van der Waals surface area contributed by atoms with Crippen molar-refractivity contribution in [3.8, 4) is 0 Å². The molecule has 5 nitrogen and oxygen atoms in total. The maximum Gasteiger partial charge on any atom is 0.0144 e. The van der Waals surface area contributed by atoms with Crippen LogP contribution in [0.3, 0.4) is 0 Å². The van der Waals surface area contributed by atoms with E-state index >= 15 is 0 Å². The van der Waals surface area contributed by atoms with E-state index in [2.05, 4.69) is 81.6 Å². The highest BCUT2D eigenvalue weighted by molar-refractivity contribution is 5.00. The SMILES string of the molecule is CC1(C)CC(NCCCN(CCCNC2CC(C)(C)NC(C)(C)C2)C2CCCCCCCCCCC2)CC(C)(C)N1. The van der Waals surface area contributed by atoms with Gasteiger partial charge in [0.05, 0.1) is 0 Å². The summed E-state index contributed by atoms with van der Waals surface area (Å²) in [5, 5.41) is 15.7. The monoisotopic (exact) mass is 576 g/mol. The van der Waals surface area contributed by atoms with Crippen molar-refractivity contribution in [2.24, 2.45) is 0 Å². The van der Waals surface area contributed by atoms with Crippen LogP contribution in [0.5, 0.6) is 0 Å². The minimum absolute atomic E-state index is 0.213. The largest absolute Gasteiger partial charge is 0.314 e. The van der Waals surface area contributed by atoms with E-state index in [0.717, 1.165) is 19.1 Å². The third-order valence-corrected chi connectivity index (χ3v) is 10.1. The molecule has 3 rings (SSSR count). The van der Waals surface area contributed by atoms with Crippen molar-refractivity contribution in [3.05, 3.63) is 0 Å². The Hall–Kier alpha value is -0.200. The van der Waals surface area contributed by atoms with Gasteiger partial charge in [0, 0.05) is 40.3 Å². The number of nitrogens with one attached hydrogen (secondary N) is 4. The maximum absolute atomic E-state index is 3.99. The minimum Gasteiger partial charge on any atom is -0.314 e. The van der Waals surface area contributed by atoms with Crippen molar-refractivity contribution < 1.29 is 0 Å². The van der Waals surface area contributed by atoms with Crippen LogP contribution in [0.2, 0.25) is 0 Å². The number of rotatable bonds is 11. The first-order valence-electron chi connectivity index (χ1n) is 18.0. The van der Waals surface area contributed by atoms with Gasteiger partial charge in [-0.3, -0.25) is 0 Å². The molecule has 2 heterocycles. The fourth-order valence-corrected chi connectivity index (χ4v) is 9.09. The Morgan fingerprint density at radius 2 is 0.829 bits per heavy atom. The molecule has 2 saturated heterocycles. The molecule has 0 bridgehead atoms. The molecule has 4 N–H and O–H groups in total. The fraction of sp³-hybridized carbons (Fsp3) is 1.00. The predicted molar refractivity (Wildman–Crippen MR) is 180 cm³/mol. The Morgan fingerprint density at radius 3 is 1.17 bits per heavy atom. The van der Waals surface area contributed by atoms with E-state index in [4.69, 9.17) is 0 Å². The molecule has 41 heavy (non-hydrogen) atoms.